The normalized spacial score (nSPS) is 21.7. The van der Waals surface area contributed by atoms with E-state index in [1.54, 1.807) is 22.9 Å². The highest BCUT2D eigenvalue weighted by Crippen LogP contribution is 2.42. The average molecular weight is 377 g/mol. The van der Waals surface area contributed by atoms with Crippen LogP contribution in [0.3, 0.4) is 0 Å². The van der Waals surface area contributed by atoms with Gasteiger partial charge in [-0.15, -0.1) is 0 Å². The summed E-state index contributed by atoms with van der Waals surface area (Å²) in [4.78, 5) is 12.5. The molecule has 1 aromatic heterocycles. The summed E-state index contributed by atoms with van der Waals surface area (Å²) in [7, 11) is -3.02. The number of carbonyl (C=O) groups is 1. The average Bonchev–Trinajstić information content (AvgIpc) is 3.25. The maximum absolute atomic E-state index is 12.9. The van der Waals surface area contributed by atoms with E-state index in [9.17, 15) is 17.6 Å². The summed E-state index contributed by atoms with van der Waals surface area (Å²) in [6.07, 6.45) is 2.63. The first-order chi connectivity index (χ1) is 12.4. The molecule has 1 aliphatic heterocycles. The Labute approximate surface area is 151 Å². The summed E-state index contributed by atoms with van der Waals surface area (Å²) in [5.41, 5.74) is 2.06. The zero-order valence-corrected chi connectivity index (χ0v) is 15.0. The number of benzene rings is 1. The molecular formula is C18H20FN3O3S. The highest BCUT2D eigenvalue weighted by atomic mass is 32.2. The quantitative estimate of drug-likeness (QED) is 0.866. The highest BCUT2D eigenvalue weighted by Gasteiger charge is 2.36. The van der Waals surface area contributed by atoms with E-state index >= 15 is 0 Å². The molecule has 2 heterocycles. The number of halogens is 1. The number of hydrogen-bond acceptors (Lipinski definition) is 4. The van der Waals surface area contributed by atoms with Crippen LogP contribution in [0, 0.1) is 5.82 Å². The van der Waals surface area contributed by atoms with Crippen LogP contribution in [0.2, 0.25) is 0 Å². The van der Waals surface area contributed by atoms with Crippen molar-refractivity contribution in [1.82, 2.24) is 15.1 Å². The second kappa shape index (κ2) is 6.50. The molecule has 2 aliphatic rings. The second-order valence-corrected chi connectivity index (χ2v) is 9.27. The van der Waals surface area contributed by atoms with Crippen LogP contribution in [0.15, 0.2) is 30.3 Å². The molecule has 2 aromatic rings. The van der Waals surface area contributed by atoms with E-state index < -0.39 is 9.84 Å². The minimum absolute atomic E-state index is 0.0883. The van der Waals surface area contributed by atoms with Crippen LogP contribution in [-0.4, -0.2) is 35.6 Å². The van der Waals surface area contributed by atoms with Gasteiger partial charge in [-0.1, -0.05) is 12.1 Å². The predicted octanol–water partition coefficient (Wildman–Crippen LogP) is 2.19. The maximum Gasteiger partial charge on any atom is 0.272 e. The zero-order chi connectivity index (χ0) is 18.3. The molecule has 1 unspecified atom stereocenters. The fourth-order valence-corrected chi connectivity index (χ4v) is 5.03. The van der Waals surface area contributed by atoms with Crippen molar-refractivity contribution in [3.05, 3.63) is 53.1 Å². The minimum atomic E-state index is -3.02. The molecule has 1 aliphatic carbocycles. The second-order valence-electron chi connectivity index (χ2n) is 7.04. The number of hydrogen-bond donors (Lipinski definition) is 1. The Balaban J connectivity index is 1.50. The van der Waals surface area contributed by atoms with Crippen molar-refractivity contribution >= 4 is 15.7 Å². The summed E-state index contributed by atoms with van der Waals surface area (Å²) >= 11 is 0. The van der Waals surface area contributed by atoms with Crippen LogP contribution < -0.4 is 5.32 Å². The van der Waals surface area contributed by atoms with Crippen molar-refractivity contribution in [3.8, 4) is 0 Å². The van der Waals surface area contributed by atoms with E-state index in [4.69, 9.17) is 0 Å². The standard InChI is InChI=1S/C18H20FN3O3S/c19-14-5-1-12(2-6-14)10-20-18(23)16-9-17(13-3-4-13)22(21-16)15-7-8-26(24,25)11-15/h1-2,5-6,9,13,15H,3-4,7-8,10-11H2,(H,20,23). The van der Waals surface area contributed by atoms with Crippen LogP contribution in [0.4, 0.5) is 4.39 Å². The summed E-state index contributed by atoms with van der Waals surface area (Å²) in [6.45, 7) is 0.280. The fraction of sp³-hybridized carbons (Fsp3) is 0.444. The van der Waals surface area contributed by atoms with Gasteiger partial charge in [0.1, 0.15) is 11.5 Å². The molecule has 8 heteroatoms. The first-order valence-electron chi connectivity index (χ1n) is 8.74. The van der Waals surface area contributed by atoms with Gasteiger partial charge in [-0.05, 0) is 43.0 Å². The molecule has 0 spiro atoms. The van der Waals surface area contributed by atoms with E-state index in [1.807, 2.05) is 0 Å². The molecule has 1 saturated heterocycles. The van der Waals surface area contributed by atoms with E-state index in [0.29, 0.717) is 18.0 Å². The number of rotatable bonds is 5. The molecule has 1 amide bonds. The fourth-order valence-electron chi connectivity index (χ4n) is 3.34. The van der Waals surface area contributed by atoms with Gasteiger partial charge in [0, 0.05) is 18.2 Å². The lowest BCUT2D eigenvalue weighted by Crippen LogP contribution is -2.24. The summed E-state index contributed by atoms with van der Waals surface area (Å²) in [5, 5.41) is 7.21. The summed E-state index contributed by atoms with van der Waals surface area (Å²) in [6, 6.07) is 7.53. The van der Waals surface area contributed by atoms with E-state index in [-0.39, 0.29) is 35.8 Å². The van der Waals surface area contributed by atoms with Gasteiger partial charge in [0.15, 0.2) is 9.84 Å². The SMILES string of the molecule is O=C(NCc1ccc(F)cc1)c1cc(C2CC2)n(C2CCS(=O)(=O)C2)n1. The zero-order valence-electron chi connectivity index (χ0n) is 14.2. The smallest absolute Gasteiger partial charge is 0.272 e. The Bertz CT molecular complexity index is 933. The third-order valence-electron chi connectivity index (χ3n) is 4.91. The van der Waals surface area contributed by atoms with Crippen molar-refractivity contribution in [2.75, 3.05) is 11.5 Å². The van der Waals surface area contributed by atoms with Gasteiger partial charge in [0.2, 0.25) is 0 Å². The molecule has 2 fully saturated rings. The monoisotopic (exact) mass is 377 g/mol. The Hall–Kier alpha value is -2.22. The van der Waals surface area contributed by atoms with E-state index in [2.05, 4.69) is 10.4 Å². The molecule has 0 radical (unpaired) electrons. The lowest BCUT2D eigenvalue weighted by Gasteiger charge is -2.12. The van der Waals surface area contributed by atoms with Crippen molar-refractivity contribution < 1.29 is 17.6 Å². The maximum atomic E-state index is 12.9. The van der Waals surface area contributed by atoms with Crippen LogP contribution in [-0.2, 0) is 16.4 Å². The minimum Gasteiger partial charge on any atom is -0.347 e. The van der Waals surface area contributed by atoms with Gasteiger partial charge >= 0.3 is 0 Å². The molecule has 1 aromatic carbocycles. The van der Waals surface area contributed by atoms with Gasteiger partial charge in [-0.2, -0.15) is 5.10 Å². The largest absolute Gasteiger partial charge is 0.347 e. The van der Waals surface area contributed by atoms with Crippen molar-refractivity contribution in [1.29, 1.82) is 0 Å². The van der Waals surface area contributed by atoms with Crippen molar-refractivity contribution in [3.63, 3.8) is 0 Å². The number of carbonyl (C=O) groups excluding carboxylic acids is 1. The van der Waals surface area contributed by atoms with E-state index in [1.165, 1.54) is 12.1 Å². The molecule has 1 N–H and O–H groups in total. The van der Waals surface area contributed by atoms with Crippen LogP contribution in [0.5, 0.6) is 0 Å². The van der Waals surface area contributed by atoms with Gasteiger partial charge in [-0.25, -0.2) is 12.8 Å². The number of nitrogens with zero attached hydrogens (tertiary/aromatic N) is 2. The Morgan fingerprint density at radius 3 is 2.58 bits per heavy atom. The third kappa shape index (κ3) is 3.65. The molecule has 4 rings (SSSR count). The summed E-state index contributed by atoms with van der Waals surface area (Å²) < 4.78 is 38.3. The first-order valence-corrected chi connectivity index (χ1v) is 10.6. The molecular weight excluding hydrogens is 357 g/mol. The molecule has 0 bridgehead atoms. The van der Waals surface area contributed by atoms with Crippen LogP contribution in [0.25, 0.3) is 0 Å². The molecule has 1 saturated carbocycles. The Morgan fingerprint density at radius 1 is 1.23 bits per heavy atom. The predicted molar refractivity (Wildman–Crippen MR) is 94.1 cm³/mol. The number of nitrogens with one attached hydrogen (secondary N) is 1. The first kappa shape index (κ1) is 17.2. The molecule has 138 valence electrons. The lowest BCUT2D eigenvalue weighted by molar-refractivity contribution is 0.0945. The van der Waals surface area contributed by atoms with Gasteiger partial charge in [-0.3, -0.25) is 9.48 Å². The number of aromatic nitrogens is 2. The molecule has 26 heavy (non-hydrogen) atoms. The number of amides is 1. The molecule has 1 atom stereocenters. The number of sulfone groups is 1. The van der Waals surface area contributed by atoms with Crippen molar-refractivity contribution in [2.24, 2.45) is 0 Å². The van der Waals surface area contributed by atoms with Gasteiger partial charge < -0.3 is 5.32 Å². The Morgan fingerprint density at radius 2 is 1.96 bits per heavy atom. The lowest BCUT2D eigenvalue weighted by atomic mass is 10.2. The Kier molecular flexibility index (Phi) is 4.30. The topological polar surface area (TPSA) is 81.1 Å². The van der Waals surface area contributed by atoms with E-state index in [0.717, 1.165) is 24.1 Å². The third-order valence-corrected chi connectivity index (χ3v) is 6.66. The van der Waals surface area contributed by atoms with Crippen molar-refractivity contribution in [2.45, 2.75) is 37.8 Å². The van der Waals surface area contributed by atoms with Gasteiger partial charge in [0.05, 0.1) is 17.5 Å². The van der Waals surface area contributed by atoms with Crippen LogP contribution in [0.1, 0.15) is 53.0 Å². The summed E-state index contributed by atoms with van der Waals surface area (Å²) in [5.74, 6) is -0.00151. The van der Waals surface area contributed by atoms with Crippen LogP contribution >= 0.6 is 0 Å². The molecule has 6 nitrogen and oxygen atoms in total. The highest BCUT2D eigenvalue weighted by molar-refractivity contribution is 7.91. The van der Waals surface area contributed by atoms with Gasteiger partial charge in [0.25, 0.3) is 5.91 Å².